The molecule has 0 spiro atoms. The predicted octanol–water partition coefficient (Wildman–Crippen LogP) is 1.58. The Morgan fingerprint density at radius 3 is 2.55 bits per heavy atom. The van der Waals surface area contributed by atoms with Gasteiger partial charge in [-0.25, -0.2) is 14.8 Å². The molecule has 1 N–H and O–H groups in total. The standard InChI is InChI=1S/C21H24N6O2/c1-25-8-10-26(11-9-25)20(28)16-6-4-15(5-7-16)17-12-22-18-19(23-17)27(21(29)24-18)13-14-2-3-14/h4-7,12,14H,2-3,8-11,13H2,1H3,(H,22,24,29). The lowest BCUT2D eigenvalue weighted by atomic mass is 10.1. The summed E-state index contributed by atoms with van der Waals surface area (Å²) in [6, 6.07) is 7.48. The van der Waals surface area contributed by atoms with Crippen LogP contribution in [0.15, 0.2) is 35.3 Å². The van der Waals surface area contributed by atoms with E-state index in [1.54, 1.807) is 10.8 Å². The number of H-pyrrole nitrogens is 1. The van der Waals surface area contributed by atoms with E-state index in [4.69, 9.17) is 0 Å². The number of imidazole rings is 1. The molecule has 1 amide bonds. The van der Waals surface area contributed by atoms with Crippen LogP contribution in [-0.4, -0.2) is 68.5 Å². The number of amides is 1. The Bertz CT molecular complexity index is 1100. The Labute approximate surface area is 168 Å². The van der Waals surface area contributed by atoms with Gasteiger partial charge < -0.3 is 9.80 Å². The Balaban J connectivity index is 1.40. The summed E-state index contributed by atoms with van der Waals surface area (Å²) in [4.78, 5) is 40.9. The molecule has 2 fully saturated rings. The summed E-state index contributed by atoms with van der Waals surface area (Å²) in [5.41, 5.74) is 3.20. The lowest BCUT2D eigenvalue weighted by Crippen LogP contribution is -2.47. The number of nitrogens with zero attached hydrogens (tertiary/aromatic N) is 5. The molecule has 0 unspecified atom stereocenters. The van der Waals surface area contributed by atoms with Crippen molar-refractivity contribution in [3.63, 3.8) is 0 Å². The average Bonchev–Trinajstić information content (AvgIpc) is 3.51. The van der Waals surface area contributed by atoms with E-state index in [0.717, 1.165) is 44.6 Å². The molecule has 1 saturated heterocycles. The van der Waals surface area contributed by atoms with Crippen molar-refractivity contribution in [2.45, 2.75) is 19.4 Å². The highest BCUT2D eigenvalue weighted by Crippen LogP contribution is 2.31. The van der Waals surface area contributed by atoms with Crippen LogP contribution in [0, 0.1) is 5.92 Å². The molecule has 2 aromatic heterocycles. The lowest BCUT2D eigenvalue weighted by Gasteiger charge is -2.32. The second-order valence-corrected chi connectivity index (χ2v) is 8.08. The fraction of sp³-hybridized carbons (Fsp3) is 0.429. The number of piperazine rings is 1. The number of aromatic nitrogens is 4. The first kappa shape index (κ1) is 18.1. The van der Waals surface area contributed by atoms with Crippen molar-refractivity contribution in [3.05, 3.63) is 46.5 Å². The van der Waals surface area contributed by atoms with Crippen LogP contribution in [0.25, 0.3) is 22.6 Å². The third kappa shape index (κ3) is 3.55. The monoisotopic (exact) mass is 392 g/mol. The molecule has 0 atom stereocenters. The topological polar surface area (TPSA) is 87.1 Å². The summed E-state index contributed by atoms with van der Waals surface area (Å²) in [5.74, 6) is 0.632. The molecule has 8 nitrogen and oxygen atoms in total. The number of aromatic amines is 1. The molecule has 3 aromatic rings. The second kappa shape index (κ2) is 7.11. The van der Waals surface area contributed by atoms with Crippen molar-refractivity contribution in [1.82, 2.24) is 29.3 Å². The molecular formula is C21H24N6O2. The van der Waals surface area contributed by atoms with Gasteiger partial charge in [-0.1, -0.05) is 12.1 Å². The maximum Gasteiger partial charge on any atom is 0.328 e. The number of likely N-dealkylation sites (N-methyl/N-ethyl adjacent to an activating group) is 1. The van der Waals surface area contributed by atoms with E-state index in [1.807, 2.05) is 29.2 Å². The van der Waals surface area contributed by atoms with Gasteiger partial charge in [0.25, 0.3) is 5.91 Å². The molecule has 3 heterocycles. The fourth-order valence-corrected chi connectivity index (χ4v) is 3.76. The predicted molar refractivity (Wildman–Crippen MR) is 110 cm³/mol. The van der Waals surface area contributed by atoms with Gasteiger partial charge in [0.15, 0.2) is 11.3 Å². The van der Waals surface area contributed by atoms with Gasteiger partial charge in [-0.05, 0) is 37.9 Å². The van der Waals surface area contributed by atoms with Gasteiger partial charge in [0.1, 0.15) is 0 Å². The third-order valence-corrected chi connectivity index (χ3v) is 5.84. The van der Waals surface area contributed by atoms with E-state index < -0.39 is 0 Å². The van der Waals surface area contributed by atoms with Crippen LogP contribution in [0.2, 0.25) is 0 Å². The number of carbonyl (C=O) groups excluding carboxylic acids is 1. The van der Waals surface area contributed by atoms with Crippen LogP contribution in [0.4, 0.5) is 0 Å². The van der Waals surface area contributed by atoms with E-state index >= 15 is 0 Å². The molecule has 1 aliphatic heterocycles. The smallest absolute Gasteiger partial charge is 0.328 e. The van der Waals surface area contributed by atoms with Gasteiger partial charge in [0, 0.05) is 43.9 Å². The Morgan fingerprint density at radius 2 is 1.86 bits per heavy atom. The number of rotatable bonds is 4. The van der Waals surface area contributed by atoms with Crippen molar-refractivity contribution in [3.8, 4) is 11.3 Å². The van der Waals surface area contributed by atoms with Crippen LogP contribution < -0.4 is 5.69 Å². The van der Waals surface area contributed by atoms with E-state index in [-0.39, 0.29) is 11.6 Å². The first-order chi connectivity index (χ1) is 14.1. The highest BCUT2D eigenvalue weighted by atomic mass is 16.2. The summed E-state index contributed by atoms with van der Waals surface area (Å²) in [6.07, 6.45) is 3.99. The summed E-state index contributed by atoms with van der Waals surface area (Å²) in [7, 11) is 2.07. The zero-order valence-electron chi connectivity index (χ0n) is 16.5. The first-order valence-corrected chi connectivity index (χ1v) is 10.1. The molecule has 1 aliphatic carbocycles. The van der Waals surface area contributed by atoms with Crippen molar-refractivity contribution in [1.29, 1.82) is 0 Å². The highest BCUT2D eigenvalue weighted by molar-refractivity contribution is 5.94. The quantitative estimate of drug-likeness (QED) is 0.729. The van der Waals surface area contributed by atoms with Crippen LogP contribution in [0.1, 0.15) is 23.2 Å². The van der Waals surface area contributed by atoms with E-state index in [9.17, 15) is 9.59 Å². The largest absolute Gasteiger partial charge is 0.336 e. The number of hydrogen-bond acceptors (Lipinski definition) is 5. The Kier molecular flexibility index (Phi) is 4.43. The highest BCUT2D eigenvalue weighted by Gasteiger charge is 2.24. The molecule has 5 rings (SSSR count). The van der Waals surface area contributed by atoms with Crippen molar-refractivity contribution in [2.75, 3.05) is 33.2 Å². The van der Waals surface area contributed by atoms with Gasteiger partial charge >= 0.3 is 5.69 Å². The molecule has 0 radical (unpaired) electrons. The van der Waals surface area contributed by atoms with Gasteiger partial charge in [0.2, 0.25) is 0 Å². The maximum atomic E-state index is 12.7. The van der Waals surface area contributed by atoms with E-state index in [2.05, 4.69) is 26.9 Å². The van der Waals surface area contributed by atoms with Crippen LogP contribution >= 0.6 is 0 Å². The number of hydrogen-bond donors (Lipinski definition) is 1. The molecule has 8 heteroatoms. The molecule has 150 valence electrons. The van der Waals surface area contributed by atoms with Gasteiger partial charge in [-0.2, -0.15) is 0 Å². The van der Waals surface area contributed by atoms with Crippen molar-refractivity contribution in [2.24, 2.45) is 5.92 Å². The second-order valence-electron chi connectivity index (χ2n) is 8.08. The molecule has 2 aliphatic rings. The Hall–Kier alpha value is -3.00. The summed E-state index contributed by atoms with van der Waals surface area (Å²) in [5, 5.41) is 0. The molecule has 29 heavy (non-hydrogen) atoms. The van der Waals surface area contributed by atoms with Gasteiger partial charge in [0.05, 0.1) is 11.9 Å². The zero-order chi connectivity index (χ0) is 20.0. The van der Waals surface area contributed by atoms with Crippen molar-refractivity contribution >= 4 is 17.2 Å². The minimum absolute atomic E-state index is 0.0649. The minimum atomic E-state index is -0.155. The van der Waals surface area contributed by atoms with Crippen molar-refractivity contribution < 1.29 is 4.79 Å². The number of nitrogens with one attached hydrogen (secondary N) is 1. The lowest BCUT2D eigenvalue weighted by molar-refractivity contribution is 0.0664. The average molecular weight is 392 g/mol. The molecule has 1 aromatic carbocycles. The summed E-state index contributed by atoms with van der Waals surface area (Å²) < 4.78 is 1.69. The van der Waals surface area contributed by atoms with Crippen LogP contribution in [0.3, 0.4) is 0 Å². The SMILES string of the molecule is CN1CCN(C(=O)c2ccc(-c3cnc4[nH]c(=O)n(CC5CC5)c4n3)cc2)CC1. The maximum absolute atomic E-state index is 12.7. The third-order valence-electron chi connectivity index (χ3n) is 5.84. The fourth-order valence-electron chi connectivity index (χ4n) is 3.76. The molecular weight excluding hydrogens is 368 g/mol. The number of benzene rings is 1. The minimum Gasteiger partial charge on any atom is -0.336 e. The number of fused-ring (bicyclic) bond motifs is 1. The zero-order valence-corrected chi connectivity index (χ0v) is 16.5. The van der Waals surface area contributed by atoms with E-state index in [1.165, 1.54) is 0 Å². The normalized spacial score (nSPS) is 17.8. The summed E-state index contributed by atoms with van der Waals surface area (Å²) in [6.45, 7) is 4.00. The van der Waals surface area contributed by atoms with Crippen LogP contribution in [-0.2, 0) is 6.54 Å². The summed E-state index contributed by atoms with van der Waals surface area (Å²) >= 11 is 0. The van der Waals surface area contributed by atoms with Gasteiger partial charge in [-0.3, -0.25) is 14.3 Å². The molecule has 0 bridgehead atoms. The number of carbonyl (C=O) groups is 1. The molecule has 1 saturated carbocycles. The van der Waals surface area contributed by atoms with E-state index in [0.29, 0.717) is 35.0 Å². The Morgan fingerprint density at radius 1 is 1.14 bits per heavy atom. The first-order valence-electron chi connectivity index (χ1n) is 10.1. The van der Waals surface area contributed by atoms with Crippen LogP contribution in [0.5, 0.6) is 0 Å². The van der Waals surface area contributed by atoms with Gasteiger partial charge in [-0.15, -0.1) is 0 Å².